The molecule has 3 amide bonds. The largest absolute Gasteiger partial charge is 0.388 e. The molecule has 0 unspecified atom stereocenters. The average molecular weight is 472 g/mol. The molecule has 32 heavy (non-hydrogen) atoms. The van der Waals surface area contributed by atoms with Gasteiger partial charge in [-0.15, -0.1) is 0 Å². The van der Waals surface area contributed by atoms with Gasteiger partial charge in [-0.1, -0.05) is 0 Å². The third-order valence-corrected chi connectivity index (χ3v) is 7.55. The normalized spacial score (nSPS) is 31.2. The van der Waals surface area contributed by atoms with E-state index in [4.69, 9.17) is 9.47 Å². The quantitative estimate of drug-likeness (QED) is 0.545. The zero-order valence-corrected chi connectivity index (χ0v) is 18.1. The van der Waals surface area contributed by atoms with E-state index in [9.17, 15) is 27.5 Å². The number of ether oxygens (including phenoxy) is 2. The first kappa shape index (κ1) is 22.9. The summed E-state index contributed by atoms with van der Waals surface area (Å²) in [5.41, 5.74) is 0.427. The Kier molecular flexibility index (Phi) is 6.65. The molecule has 176 valence electrons. The minimum absolute atomic E-state index is 0.0270. The highest BCUT2D eigenvalue weighted by Crippen LogP contribution is 2.35. The van der Waals surface area contributed by atoms with Gasteiger partial charge in [-0.05, 0) is 24.3 Å². The van der Waals surface area contributed by atoms with Crippen LogP contribution in [0.5, 0.6) is 0 Å². The summed E-state index contributed by atoms with van der Waals surface area (Å²) in [4.78, 5) is 26.0. The summed E-state index contributed by atoms with van der Waals surface area (Å²) in [6.07, 6.45) is -2.50. The molecule has 3 N–H and O–H groups in total. The number of aliphatic hydroxyl groups is 1. The molecule has 5 atom stereocenters. The molecule has 1 aromatic carbocycles. The van der Waals surface area contributed by atoms with Crippen molar-refractivity contribution in [3.63, 3.8) is 0 Å². The van der Waals surface area contributed by atoms with Gasteiger partial charge in [0.1, 0.15) is 24.1 Å². The molecule has 12 heteroatoms. The topological polar surface area (TPSA) is 134 Å². The van der Waals surface area contributed by atoms with Crippen LogP contribution in [0.3, 0.4) is 0 Å². The molecule has 3 aliphatic rings. The first-order valence-electron chi connectivity index (χ1n) is 10.5. The molecule has 0 bridgehead atoms. The number of aliphatic hydroxyl groups excluding tert-OH is 1. The Morgan fingerprint density at radius 2 is 1.84 bits per heavy atom. The Hall–Kier alpha value is -2.28. The number of fused-ring (bicyclic) bond motifs is 1. The lowest BCUT2D eigenvalue weighted by molar-refractivity contribution is -0.134. The highest BCUT2D eigenvalue weighted by molar-refractivity contribution is 7.91. The molecule has 0 spiro atoms. The van der Waals surface area contributed by atoms with E-state index in [-0.39, 0.29) is 43.5 Å². The monoisotopic (exact) mass is 471 g/mol. The van der Waals surface area contributed by atoms with Crippen molar-refractivity contribution in [1.29, 1.82) is 0 Å². The van der Waals surface area contributed by atoms with Gasteiger partial charge in [0.2, 0.25) is 5.91 Å². The van der Waals surface area contributed by atoms with Crippen molar-refractivity contribution in [1.82, 2.24) is 10.2 Å². The van der Waals surface area contributed by atoms with Crippen LogP contribution >= 0.6 is 0 Å². The SMILES string of the molecule is O=C(NC[C@H]1O[C@@H]2C[C@H](CC(=O)N3CCS(=O)(=O)CC3)O[C@@H]2[C@@H]1O)Nc1ccc(F)cc1. The Bertz CT molecular complexity index is 944. The number of nitrogens with one attached hydrogen (secondary N) is 2. The predicted octanol–water partition coefficient (Wildman–Crippen LogP) is -0.120. The highest BCUT2D eigenvalue weighted by Gasteiger charge is 2.50. The lowest BCUT2D eigenvalue weighted by Gasteiger charge is -2.28. The second-order valence-electron chi connectivity index (χ2n) is 8.24. The summed E-state index contributed by atoms with van der Waals surface area (Å²) in [5, 5.41) is 15.7. The van der Waals surface area contributed by atoms with Crippen LogP contribution in [0.2, 0.25) is 0 Å². The maximum absolute atomic E-state index is 12.9. The second kappa shape index (κ2) is 9.30. The van der Waals surface area contributed by atoms with Gasteiger partial charge in [-0.2, -0.15) is 0 Å². The number of sulfone groups is 1. The first-order chi connectivity index (χ1) is 15.2. The summed E-state index contributed by atoms with van der Waals surface area (Å²) < 4.78 is 47.6. The number of benzene rings is 1. The third-order valence-electron chi connectivity index (χ3n) is 5.94. The molecule has 0 aliphatic carbocycles. The van der Waals surface area contributed by atoms with E-state index in [0.717, 1.165) is 0 Å². The third kappa shape index (κ3) is 5.37. The smallest absolute Gasteiger partial charge is 0.319 e. The Labute approximate surface area is 185 Å². The fraction of sp³-hybridized carbons (Fsp3) is 0.600. The van der Waals surface area contributed by atoms with Crippen LogP contribution in [0, 0.1) is 5.82 Å². The van der Waals surface area contributed by atoms with Crippen LogP contribution < -0.4 is 10.6 Å². The van der Waals surface area contributed by atoms with Crippen molar-refractivity contribution in [2.75, 3.05) is 36.5 Å². The van der Waals surface area contributed by atoms with E-state index in [1.54, 1.807) is 0 Å². The van der Waals surface area contributed by atoms with E-state index >= 15 is 0 Å². The fourth-order valence-electron chi connectivity index (χ4n) is 4.20. The van der Waals surface area contributed by atoms with Crippen LogP contribution in [0.15, 0.2) is 24.3 Å². The number of hydrogen-bond acceptors (Lipinski definition) is 7. The van der Waals surface area contributed by atoms with Crippen LogP contribution in [-0.4, -0.2) is 92.0 Å². The summed E-state index contributed by atoms with van der Waals surface area (Å²) in [7, 11) is -3.06. The molecule has 4 rings (SSSR count). The molecule has 0 saturated carbocycles. The van der Waals surface area contributed by atoms with Gasteiger partial charge in [0.25, 0.3) is 0 Å². The van der Waals surface area contributed by atoms with Crippen molar-refractivity contribution in [3.8, 4) is 0 Å². The van der Waals surface area contributed by atoms with Gasteiger partial charge in [0, 0.05) is 31.7 Å². The maximum atomic E-state index is 12.9. The number of carbonyl (C=O) groups is 2. The summed E-state index contributed by atoms with van der Waals surface area (Å²) in [6, 6.07) is 4.80. The molecule has 3 heterocycles. The summed E-state index contributed by atoms with van der Waals surface area (Å²) in [5.74, 6) is -0.634. The number of nitrogens with zero attached hydrogens (tertiary/aromatic N) is 1. The second-order valence-corrected chi connectivity index (χ2v) is 10.5. The Balaban J connectivity index is 1.20. The molecule has 3 aliphatic heterocycles. The van der Waals surface area contributed by atoms with E-state index in [1.165, 1.54) is 29.2 Å². The lowest BCUT2D eigenvalue weighted by atomic mass is 10.1. The number of urea groups is 1. The van der Waals surface area contributed by atoms with E-state index < -0.39 is 52.2 Å². The van der Waals surface area contributed by atoms with Crippen molar-refractivity contribution in [3.05, 3.63) is 30.1 Å². The lowest BCUT2D eigenvalue weighted by Crippen LogP contribution is -2.45. The van der Waals surface area contributed by atoms with E-state index in [0.29, 0.717) is 12.1 Å². The minimum atomic E-state index is -3.06. The van der Waals surface area contributed by atoms with Gasteiger partial charge in [-0.25, -0.2) is 17.6 Å². The molecule has 0 aromatic heterocycles. The van der Waals surface area contributed by atoms with Crippen molar-refractivity contribution < 1.29 is 37.0 Å². The van der Waals surface area contributed by atoms with Crippen LogP contribution in [-0.2, 0) is 24.1 Å². The molecule has 3 fully saturated rings. The number of amides is 3. The zero-order chi connectivity index (χ0) is 22.9. The van der Waals surface area contributed by atoms with Crippen LogP contribution in [0.25, 0.3) is 0 Å². The number of rotatable bonds is 5. The Morgan fingerprint density at radius 3 is 2.50 bits per heavy atom. The minimum Gasteiger partial charge on any atom is -0.388 e. The summed E-state index contributed by atoms with van der Waals surface area (Å²) in [6.45, 7) is 0.428. The van der Waals surface area contributed by atoms with Crippen LogP contribution in [0.1, 0.15) is 12.8 Å². The van der Waals surface area contributed by atoms with E-state index in [1.807, 2.05) is 0 Å². The first-order valence-corrected chi connectivity index (χ1v) is 12.3. The maximum Gasteiger partial charge on any atom is 0.319 e. The number of carbonyl (C=O) groups excluding carboxylic acids is 2. The van der Waals surface area contributed by atoms with Gasteiger partial charge < -0.3 is 30.1 Å². The molecule has 0 radical (unpaired) electrons. The predicted molar refractivity (Wildman–Crippen MR) is 111 cm³/mol. The molecular weight excluding hydrogens is 445 g/mol. The fourth-order valence-corrected chi connectivity index (χ4v) is 5.40. The molecule has 1 aromatic rings. The summed E-state index contributed by atoms with van der Waals surface area (Å²) >= 11 is 0. The van der Waals surface area contributed by atoms with Crippen molar-refractivity contribution in [2.45, 2.75) is 43.4 Å². The molecule has 10 nitrogen and oxygen atoms in total. The standard InChI is InChI=1S/C20H26FN3O7S/c21-12-1-3-13(4-2-12)23-20(27)22-11-16-18(26)19-15(31-16)9-14(30-19)10-17(25)24-5-7-32(28,29)8-6-24/h1-4,14-16,18-19,26H,5-11H2,(H2,22,23,27)/t14-,15-,16-,18-,19+/m1/s1. The average Bonchev–Trinajstić information content (AvgIpc) is 3.26. The van der Waals surface area contributed by atoms with Gasteiger partial charge >= 0.3 is 6.03 Å². The Morgan fingerprint density at radius 1 is 1.16 bits per heavy atom. The van der Waals surface area contributed by atoms with Gasteiger partial charge in [0.15, 0.2) is 9.84 Å². The van der Waals surface area contributed by atoms with Crippen molar-refractivity contribution in [2.24, 2.45) is 0 Å². The van der Waals surface area contributed by atoms with Crippen LogP contribution in [0.4, 0.5) is 14.9 Å². The molecule has 3 saturated heterocycles. The van der Waals surface area contributed by atoms with Crippen molar-refractivity contribution >= 4 is 27.5 Å². The molecular formula is C20H26FN3O7S. The highest BCUT2D eigenvalue weighted by atomic mass is 32.2. The van der Waals surface area contributed by atoms with E-state index in [2.05, 4.69) is 10.6 Å². The van der Waals surface area contributed by atoms with Gasteiger partial charge in [-0.3, -0.25) is 4.79 Å². The number of hydrogen-bond donors (Lipinski definition) is 3. The number of halogens is 1. The number of anilines is 1. The van der Waals surface area contributed by atoms with Gasteiger partial charge in [0.05, 0.1) is 30.1 Å². The zero-order valence-electron chi connectivity index (χ0n) is 17.3.